The van der Waals surface area contributed by atoms with Gasteiger partial charge in [-0.25, -0.2) is 0 Å². The first-order chi connectivity index (χ1) is 20.4. The number of methoxy groups -OCH3 is 1. The smallest absolute Gasteiger partial charge is 0.255 e. The molecule has 0 radical (unpaired) electrons. The van der Waals surface area contributed by atoms with Gasteiger partial charge in [0.2, 0.25) is 17.7 Å². The van der Waals surface area contributed by atoms with Crippen molar-refractivity contribution in [3.63, 3.8) is 0 Å². The molecule has 0 saturated carbocycles. The fourth-order valence-electron chi connectivity index (χ4n) is 4.32. The fourth-order valence-corrected chi connectivity index (χ4v) is 4.32. The Labute approximate surface area is 243 Å². The highest BCUT2D eigenvalue weighted by molar-refractivity contribution is 6.01. The van der Waals surface area contributed by atoms with Crippen LogP contribution in [0, 0.1) is 0 Å². The quantitative estimate of drug-likeness (QED) is 0.299. The van der Waals surface area contributed by atoms with Crippen LogP contribution in [0.4, 0.5) is 0 Å². The van der Waals surface area contributed by atoms with E-state index in [1.807, 2.05) is 30.3 Å². The fraction of sp³-hybridized carbons (Fsp3) is 0.290. The molecule has 0 unspecified atom stereocenters. The summed E-state index contributed by atoms with van der Waals surface area (Å²) in [7, 11) is 1.57. The van der Waals surface area contributed by atoms with Crippen LogP contribution in [0.15, 0.2) is 78.9 Å². The number of hydrogen-bond acceptors (Lipinski definition) is 7. The zero-order valence-electron chi connectivity index (χ0n) is 23.3. The van der Waals surface area contributed by atoms with Gasteiger partial charge in [-0.15, -0.1) is 0 Å². The van der Waals surface area contributed by atoms with E-state index in [1.165, 1.54) is 0 Å². The van der Waals surface area contributed by atoms with Gasteiger partial charge in [0.15, 0.2) is 0 Å². The summed E-state index contributed by atoms with van der Waals surface area (Å²) in [5, 5.41) is 10.9. The minimum atomic E-state index is -1.23. The number of ether oxygens (including phenoxy) is 3. The average molecular weight is 575 g/mol. The van der Waals surface area contributed by atoms with Crippen molar-refractivity contribution < 1.29 is 33.4 Å². The third kappa shape index (κ3) is 8.72. The van der Waals surface area contributed by atoms with Crippen molar-refractivity contribution in [2.45, 2.75) is 24.9 Å². The number of nitrogens with one attached hydrogen (secondary N) is 4. The maximum atomic E-state index is 13.2. The summed E-state index contributed by atoms with van der Waals surface area (Å²) in [6.07, 6.45) is -0.146. The van der Waals surface area contributed by atoms with Crippen molar-refractivity contribution in [2.24, 2.45) is 0 Å². The van der Waals surface area contributed by atoms with E-state index in [-0.39, 0.29) is 44.2 Å². The molecule has 11 heteroatoms. The van der Waals surface area contributed by atoms with Gasteiger partial charge in [0.05, 0.1) is 32.2 Å². The molecule has 0 saturated heterocycles. The minimum absolute atomic E-state index is 0.0974. The summed E-state index contributed by atoms with van der Waals surface area (Å²) >= 11 is 0. The van der Waals surface area contributed by atoms with Gasteiger partial charge in [-0.3, -0.25) is 19.2 Å². The molecule has 0 bridgehead atoms. The summed E-state index contributed by atoms with van der Waals surface area (Å²) < 4.78 is 16.6. The van der Waals surface area contributed by atoms with E-state index in [0.29, 0.717) is 17.2 Å². The zero-order valence-corrected chi connectivity index (χ0v) is 23.3. The topological polar surface area (TPSA) is 144 Å². The molecule has 1 aliphatic rings. The van der Waals surface area contributed by atoms with Gasteiger partial charge in [0.25, 0.3) is 5.91 Å². The van der Waals surface area contributed by atoms with E-state index in [1.54, 1.807) is 55.6 Å². The highest BCUT2D eigenvalue weighted by atomic mass is 16.5. The molecule has 3 aromatic rings. The molecule has 4 amide bonds. The lowest BCUT2D eigenvalue weighted by atomic mass is 10.0. The van der Waals surface area contributed by atoms with Crippen LogP contribution in [0.2, 0.25) is 0 Å². The Hall–Kier alpha value is -5.06. The van der Waals surface area contributed by atoms with Crippen LogP contribution in [0.1, 0.15) is 22.3 Å². The molecule has 1 aliphatic heterocycles. The first-order valence-electron chi connectivity index (χ1n) is 13.6. The predicted molar refractivity (Wildman–Crippen MR) is 154 cm³/mol. The van der Waals surface area contributed by atoms with Gasteiger partial charge in [0.1, 0.15) is 42.5 Å². The Morgan fingerprint density at radius 3 is 2.40 bits per heavy atom. The largest absolute Gasteiger partial charge is 0.497 e. The van der Waals surface area contributed by atoms with Crippen molar-refractivity contribution in [1.29, 1.82) is 0 Å². The van der Waals surface area contributed by atoms with Gasteiger partial charge in [-0.05, 0) is 42.0 Å². The molecule has 0 fully saturated rings. The van der Waals surface area contributed by atoms with Crippen LogP contribution in [0.5, 0.6) is 17.2 Å². The van der Waals surface area contributed by atoms with E-state index < -0.39 is 36.2 Å². The first kappa shape index (κ1) is 29.9. The van der Waals surface area contributed by atoms with Crippen molar-refractivity contribution in [3.05, 3.63) is 90.0 Å². The lowest BCUT2D eigenvalue weighted by molar-refractivity contribution is -0.131. The van der Waals surface area contributed by atoms with E-state index >= 15 is 0 Å². The summed E-state index contributed by atoms with van der Waals surface area (Å²) in [4.78, 5) is 52.6. The third-order valence-electron chi connectivity index (χ3n) is 6.47. The molecule has 1 heterocycles. The van der Waals surface area contributed by atoms with E-state index in [4.69, 9.17) is 14.2 Å². The maximum Gasteiger partial charge on any atom is 0.255 e. The zero-order chi connectivity index (χ0) is 29.7. The molecule has 220 valence electrons. The molecule has 0 spiro atoms. The Morgan fingerprint density at radius 1 is 0.929 bits per heavy atom. The number of carbonyl (C=O) groups is 4. The number of rotatable bonds is 8. The Bertz CT molecular complexity index is 1370. The van der Waals surface area contributed by atoms with Crippen LogP contribution in [-0.2, 0) is 20.8 Å². The number of fused-ring (bicyclic) bond motifs is 1. The molecule has 0 aromatic heterocycles. The van der Waals surface area contributed by atoms with Gasteiger partial charge >= 0.3 is 0 Å². The standard InChI is InChI=1S/C31H34N4O7/c1-40-22-11-13-23(14-12-22)41-17-15-32-31(39)26-20-28(36)34-25(19-21-7-3-2-4-8-21)30(38)33-16-18-42-27-10-6-5-9-24(27)29(37)35-26/h2-14,25-26H,15-20H2,1H3,(H,32,39)(H,33,38)(H,34,36)(H,35,37)/t25-,26-/m0/s1. The average Bonchev–Trinajstić information content (AvgIpc) is 3.01. The number of amides is 4. The lowest BCUT2D eigenvalue weighted by Gasteiger charge is -2.23. The third-order valence-corrected chi connectivity index (χ3v) is 6.47. The first-order valence-corrected chi connectivity index (χ1v) is 13.6. The molecule has 3 aromatic carbocycles. The number of benzene rings is 3. The molecule has 11 nitrogen and oxygen atoms in total. The van der Waals surface area contributed by atoms with Gasteiger partial charge < -0.3 is 35.5 Å². The minimum Gasteiger partial charge on any atom is -0.497 e. The monoisotopic (exact) mass is 574 g/mol. The van der Waals surface area contributed by atoms with E-state index in [2.05, 4.69) is 21.3 Å². The SMILES string of the molecule is COc1ccc(OCCNC(=O)[C@@H]2CC(=O)N[C@@H](Cc3ccccc3)C(=O)NCCOc3ccccc3C(=O)N2)cc1. The van der Waals surface area contributed by atoms with Gasteiger partial charge in [0, 0.05) is 6.42 Å². The van der Waals surface area contributed by atoms with Crippen molar-refractivity contribution in [1.82, 2.24) is 21.3 Å². The second-order valence-electron chi connectivity index (χ2n) is 9.49. The number of hydrogen-bond donors (Lipinski definition) is 4. The molecule has 4 rings (SSSR count). The van der Waals surface area contributed by atoms with Gasteiger partial charge in [-0.1, -0.05) is 42.5 Å². The molecule has 2 atom stereocenters. The van der Waals surface area contributed by atoms with Crippen LogP contribution in [0.25, 0.3) is 0 Å². The van der Waals surface area contributed by atoms with E-state index in [9.17, 15) is 19.2 Å². The molecular formula is C31H34N4O7. The maximum absolute atomic E-state index is 13.2. The molecule has 0 aliphatic carbocycles. The molecular weight excluding hydrogens is 540 g/mol. The van der Waals surface area contributed by atoms with Crippen LogP contribution in [0.3, 0.4) is 0 Å². The summed E-state index contributed by atoms with van der Waals surface area (Å²) in [6.45, 7) is 0.540. The van der Waals surface area contributed by atoms with Crippen molar-refractivity contribution >= 4 is 23.6 Å². The van der Waals surface area contributed by atoms with Crippen molar-refractivity contribution in [3.8, 4) is 17.2 Å². The Balaban J connectivity index is 1.47. The summed E-state index contributed by atoms with van der Waals surface area (Å²) in [5.74, 6) is -0.534. The normalized spacial score (nSPS) is 17.7. The molecule has 4 N–H and O–H groups in total. The van der Waals surface area contributed by atoms with Crippen LogP contribution in [-0.4, -0.2) is 69.1 Å². The number of para-hydroxylation sites is 1. The summed E-state index contributed by atoms with van der Waals surface area (Å²) in [6, 6.07) is 20.7. The number of carbonyl (C=O) groups excluding carboxylic acids is 4. The summed E-state index contributed by atoms with van der Waals surface area (Å²) in [5.41, 5.74) is 1.05. The highest BCUT2D eigenvalue weighted by Gasteiger charge is 2.28. The second kappa shape index (κ2) is 15.1. The van der Waals surface area contributed by atoms with Crippen LogP contribution >= 0.6 is 0 Å². The van der Waals surface area contributed by atoms with Gasteiger partial charge in [-0.2, -0.15) is 0 Å². The Kier molecular flexibility index (Phi) is 10.7. The lowest BCUT2D eigenvalue weighted by Crippen LogP contribution is -2.53. The predicted octanol–water partition coefficient (Wildman–Crippen LogP) is 1.62. The second-order valence-corrected chi connectivity index (χ2v) is 9.49. The Morgan fingerprint density at radius 2 is 1.64 bits per heavy atom. The highest BCUT2D eigenvalue weighted by Crippen LogP contribution is 2.19. The van der Waals surface area contributed by atoms with Crippen molar-refractivity contribution in [2.75, 3.05) is 33.4 Å². The van der Waals surface area contributed by atoms with E-state index in [0.717, 1.165) is 5.56 Å². The molecule has 42 heavy (non-hydrogen) atoms. The van der Waals surface area contributed by atoms with Crippen LogP contribution < -0.4 is 35.5 Å².